The Morgan fingerprint density at radius 3 is 2.81 bits per heavy atom. The summed E-state index contributed by atoms with van der Waals surface area (Å²) in [6.45, 7) is 0. The van der Waals surface area contributed by atoms with Crippen molar-refractivity contribution < 1.29 is 13.2 Å². The van der Waals surface area contributed by atoms with Gasteiger partial charge in [0.15, 0.2) is 11.5 Å². The minimum atomic E-state index is -3.82. The summed E-state index contributed by atoms with van der Waals surface area (Å²) in [5.74, 6) is 1.08. The Labute approximate surface area is 155 Å². The number of aromatic nitrogens is 3. The molecule has 1 aliphatic heterocycles. The number of nitrogens with one attached hydrogen (secondary N) is 1. The van der Waals surface area contributed by atoms with Crippen molar-refractivity contribution in [2.75, 3.05) is 16.7 Å². The van der Waals surface area contributed by atoms with Crippen molar-refractivity contribution in [1.29, 1.82) is 0 Å². The van der Waals surface area contributed by atoms with Gasteiger partial charge < -0.3 is 4.90 Å². The predicted molar refractivity (Wildman–Crippen MR) is 99.3 cm³/mol. The van der Waals surface area contributed by atoms with E-state index in [0.29, 0.717) is 22.8 Å². The molecule has 2 aromatic heterocycles. The number of carbonyl (C=O) groups excluding carboxylic acids is 1. The fraction of sp³-hybridized carbons (Fsp3) is 0.278. The van der Waals surface area contributed by atoms with Crippen LogP contribution in [0.2, 0.25) is 0 Å². The molecule has 1 saturated carbocycles. The monoisotopic (exact) mass is 383 g/mol. The Morgan fingerprint density at radius 1 is 1.22 bits per heavy atom. The maximum Gasteiger partial charge on any atom is 0.262 e. The molecule has 0 unspecified atom stereocenters. The van der Waals surface area contributed by atoms with Crippen molar-refractivity contribution in [1.82, 2.24) is 14.6 Å². The van der Waals surface area contributed by atoms with Gasteiger partial charge in [0.25, 0.3) is 10.0 Å². The van der Waals surface area contributed by atoms with Crippen molar-refractivity contribution in [2.24, 2.45) is 0 Å². The Kier molecular flexibility index (Phi) is 3.33. The maximum absolute atomic E-state index is 12.9. The topological polar surface area (TPSA) is 96.7 Å². The Hall–Kier alpha value is -2.94. The van der Waals surface area contributed by atoms with Gasteiger partial charge in [0.1, 0.15) is 0 Å². The van der Waals surface area contributed by atoms with Crippen LogP contribution in [-0.4, -0.2) is 36.0 Å². The first-order chi connectivity index (χ1) is 12.9. The number of anilines is 2. The molecule has 27 heavy (non-hydrogen) atoms. The second-order valence-electron chi connectivity index (χ2n) is 6.96. The zero-order chi connectivity index (χ0) is 18.8. The molecule has 1 aliphatic carbocycles. The summed E-state index contributed by atoms with van der Waals surface area (Å²) in [5.41, 5.74) is 2.32. The normalized spacial score (nSPS) is 16.8. The standard InChI is InChI=1S/C18H17N5O3S/c1-22-15-7-6-13(9-12(15)10-16(22)24)27(25,26)21-14-3-2-8-23-18(14)19-17(20-23)11-4-5-11/h2-3,6-9,11,21H,4-5,10H2,1H3. The number of hydrogen-bond donors (Lipinski definition) is 1. The molecule has 138 valence electrons. The van der Waals surface area contributed by atoms with E-state index >= 15 is 0 Å². The van der Waals surface area contributed by atoms with Gasteiger partial charge in [-0.05, 0) is 48.7 Å². The molecule has 5 rings (SSSR count). The van der Waals surface area contributed by atoms with Crippen LogP contribution in [0, 0.1) is 0 Å². The Morgan fingerprint density at radius 2 is 2.04 bits per heavy atom. The molecule has 9 heteroatoms. The molecule has 1 amide bonds. The number of fused-ring (bicyclic) bond motifs is 2. The van der Waals surface area contributed by atoms with Crippen molar-refractivity contribution in [3.05, 3.63) is 47.9 Å². The number of carbonyl (C=O) groups is 1. The predicted octanol–water partition coefficient (Wildman–Crippen LogP) is 1.93. The molecule has 3 aromatic rings. The molecule has 1 aromatic carbocycles. The molecule has 0 radical (unpaired) electrons. The summed E-state index contributed by atoms with van der Waals surface area (Å²) >= 11 is 0. The van der Waals surface area contributed by atoms with Crippen molar-refractivity contribution in [3.63, 3.8) is 0 Å². The fourth-order valence-corrected chi connectivity index (χ4v) is 4.45. The number of sulfonamides is 1. The Balaban J connectivity index is 1.51. The van der Waals surface area contributed by atoms with Crippen LogP contribution in [0.4, 0.5) is 11.4 Å². The molecular formula is C18H17N5O3S. The van der Waals surface area contributed by atoms with E-state index < -0.39 is 10.0 Å². The van der Waals surface area contributed by atoms with E-state index in [2.05, 4.69) is 14.8 Å². The summed E-state index contributed by atoms with van der Waals surface area (Å²) in [6, 6.07) is 8.13. The second-order valence-corrected chi connectivity index (χ2v) is 8.64. The van der Waals surface area contributed by atoms with Crippen molar-refractivity contribution in [2.45, 2.75) is 30.1 Å². The van der Waals surface area contributed by atoms with E-state index in [1.807, 2.05) is 0 Å². The summed E-state index contributed by atoms with van der Waals surface area (Å²) in [7, 11) is -2.13. The van der Waals surface area contributed by atoms with Crippen LogP contribution in [0.5, 0.6) is 0 Å². The average Bonchev–Trinajstić information content (AvgIpc) is 3.33. The van der Waals surface area contributed by atoms with Crippen molar-refractivity contribution >= 4 is 33.0 Å². The van der Waals surface area contributed by atoms with Crippen LogP contribution in [0.1, 0.15) is 30.1 Å². The molecule has 2 aliphatic rings. The van der Waals surface area contributed by atoms with Gasteiger partial charge in [-0.3, -0.25) is 9.52 Å². The van der Waals surface area contributed by atoms with E-state index in [0.717, 1.165) is 24.4 Å². The van der Waals surface area contributed by atoms with Crippen LogP contribution in [-0.2, 0) is 21.2 Å². The second kappa shape index (κ2) is 5.53. The van der Waals surface area contributed by atoms with Crippen LogP contribution >= 0.6 is 0 Å². The van der Waals surface area contributed by atoms with Crippen LogP contribution in [0.25, 0.3) is 5.65 Å². The zero-order valence-electron chi connectivity index (χ0n) is 14.6. The van der Waals surface area contributed by atoms with Crippen molar-refractivity contribution in [3.8, 4) is 0 Å². The SMILES string of the molecule is CN1C(=O)Cc2cc(S(=O)(=O)Nc3cccn4nc(C5CC5)nc34)ccc21. The molecule has 1 fully saturated rings. The quantitative estimate of drug-likeness (QED) is 0.742. The summed E-state index contributed by atoms with van der Waals surface area (Å²) in [5, 5.41) is 4.43. The maximum atomic E-state index is 12.9. The zero-order valence-corrected chi connectivity index (χ0v) is 15.4. The number of hydrogen-bond acceptors (Lipinski definition) is 5. The molecule has 0 saturated heterocycles. The minimum absolute atomic E-state index is 0.0478. The van der Waals surface area contributed by atoms with Gasteiger partial charge in [-0.2, -0.15) is 5.10 Å². The van der Waals surface area contributed by atoms with E-state index in [9.17, 15) is 13.2 Å². The van der Waals surface area contributed by atoms with Gasteiger partial charge in [0.2, 0.25) is 5.91 Å². The first-order valence-corrected chi connectivity index (χ1v) is 10.2. The van der Waals surface area contributed by atoms with Gasteiger partial charge in [-0.25, -0.2) is 17.9 Å². The van der Waals surface area contributed by atoms with Crippen LogP contribution < -0.4 is 9.62 Å². The third-order valence-electron chi connectivity index (χ3n) is 5.00. The van der Waals surface area contributed by atoms with Gasteiger partial charge in [-0.1, -0.05) is 0 Å². The highest BCUT2D eigenvalue weighted by Crippen LogP contribution is 2.38. The number of amides is 1. The lowest BCUT2D eigenvalue weighted by Crippen LogP contribution is -2.20. The molecule has 0 bridgehead atoms. The first-order valence-electron chi connectivity index (χ1n) is 8.70. The number of nitrogens with zero attached hydrogens (tertiary/aromatic N) is 4. The van der Waals surface area contributed by atoms with E-state index in [4.69, 9.17) is 0 Å². The number of pyridine rings is 1. The molecule has 0 atom stereocenters. The smallest absolute Gasteiger partial charge is 0.262 e. The minimum Gasteiger partial charge on any atom is -0.315 e. The summed E-state index contributed by atoms with van der Waals surface area (Å²) in [6.07, 6.45) is 4.10. The third kappa shape index (κ3) is 2.66. The summed E-state index contributed by atoms with van der Waals surface area (Å²) in [4.78, 5) is 18.0. The third-order valence-corrected chi connectivity index (χ3v) is 6.37. The summed E-state index contributed by atoms with van der Waals surface area (Å²) < 4.78 is 30.0. The number of likely N-dealkylation sites (N-methyl/N-ethyl adjacent to an activating group) is 1. The number of benzene rings is 1. The van der Waals surface area contributed by atoms with Crippen LogP contribution in [0.3, 0.4) is 0 Å². The lowest BCUT2D eigenvalue weighted by atomic mass is 10.2. The van der Waals surface area contributed by atoms with E-state index in [1.54, 1.807) is 42.0 Å². The van der Waals surface area contributed by atoms with E-state index in [-0.39, 0.29) is 17.2 Å². The molecule has 3 heterocycles. The molecule has 0 spiro atoms. The van der Waals surface area contributed by atoms with Gasteiger partial charge in [0, 0.05) is 24.8 Å². The van der Waals surface area contributed by atoms with Gasteiger partial charge in [-0.15, -0.1) is 0 Å². The highest BCUT2D eigenvalue weighted by atomic mass is 32.2. The molecule has 1 N–H and O–H groups in total. The number of rotatable bonds is 4. The highest BCUT2D eigenvalue weighted by molar-refractivity contribution is 7.92. The lowest BCUT2D eigenvalue weighted by molar-refractivity contribution is -0.117. The molecule has 8 nitrogen and oxygen atoms in total. The largest absolute Gasteiger partial charge is 0.315 e. The van der Waals surface area contributed by atoms with Gasteiger partial charge >= 0.3 is 0 Å². The van der Waals surface area contributed by atoms with Crippen LogP contribution in [0.15, 0.2) is 41.4 Å². The fourth-order valence-electron chi connectivity index (χ4n) is 3.33. The first kappa shape index (κ1) is 16.2. The van der Waals surface area contributed by atoms with E-state index in [1.165, 1.54) is 11.0 Å². The highest BCUT2D eigenvalue weighted by Gasteiger charge is 2.29. The lowest BCUT2D eigenvalue weighted by Gasteiger charge is -2.12. The Bertz CT molecular complexity index is 1200. The average molecular weight is 383 g/mol. The molecular weight excluding hydrogens is 366 g/mol. The van der Waals surface area contributed by atoms with Gasteiger partial charge in [0.05, 0.1) is 17.0 Å².